The number of thiophene rings is 1. The highest BCUT2D eigenvalue weighted by molar-refractivity contribution is 7.14. The lowest BCUT2D eigenvalue weighted by Gasteiger charge is -2.57. The fourth-order valence-electron chi connectivity index (χ4n) is 13.3. The predicted molar refractivity (Wildman–Crippen MR) is 267 cm³/mol. The van der Waals surface area contributed by atoms with E-state index in [4.69, 9.17) is 4.98 Å². The number of nitrogens with one attached hydrogen (secondary N) is 2. The number of imide groups is 1. The number of aliphatic hydroxyl groups excluding tert-OH is 1. The van der Waals surface area contributed by atoms with E-state index in [1.165, 1.54) is 39.0 Å². The molecule has 16 heteroatoms. The smallest absolute Gasteiger partial charge is 0.274 e. The summed E-state index contributed by atoms with van der Waals surface area (Å²) >= 11 is 1.63. The van der Waals surface area contributed by atoms with Gasteiger partial charge in [0.1, 0.15) is 23.4 Å². The molecule has 0 bridgehead atoms. The van der Waals surface area contributed by atoms with Gasteiger partial charge in [-0.2, -0.15) is 0 Å². The minimum atomic E-state index is -0.610. The fourth-order valence-corrected chi connectivity index (χ4v) is 14.7. The summed E-state index contributed by atoms with van der Waals surface area (Å²) in [6.07, 6.45) is 17.9. The number of pyridine rings is 3. The Kier molecular flexibility index (Phi) is 11.3. The number of fused-ring (bicyclic) bond motifs is 4. The highest BCUT2D eigenvalue weighted by Gasteiger charge is 2.51. The Balaban J connectivity index is 0.689. The number of hydrogen-bond acceptors (Lipinski definition) is 12. The van der Waals surface area contributed by atoms with Crippen molar-refractivity contribution in [3.63, 3.8) is 0 Å². The molecule has 1 spiro atoms. The van der Waals surface area contributed by atoms with Crippen LogP contribution in [-0.2, 0) is 49.1 Å². The SMILES string of the molecule is C[C@H]1CC2(CCN1c1ccc(Nc3cc(-c4ccnc(N5CCc6c(sc7c6CCCC7)C5=O)c4CO)cn(C)c3=O)nc1)CC(N1CCC[C@@H]1c1ccc3c(c1)CN(C1CCC(=O)NC1=O)C3=O)C2. The molecular formula is C54H59N9O6S. The number of piperidine rings is 2. The molecule has 5 aliphatic heterocycles. The highest BCUT2D eigenvalue weighted by Crippen LogP contribution is 2.55. The second kappa shape index (κ2) is 17.6. The third-order valence-electron chi connectivity index (χ3n) is 16.8. The van der Waals surface area contributed by atoms with Crippen molar-refractivity contribution in [2.45, 2.75) is 128 Å². The van der Waals surface area contributed by atoms with Crippen molar-refractivity contribution in [2.24, 2.45) is 12.5 Å². The molecule has 4 aromatic heterocycles. The molecule has 3 saturated heterocycles. The maximum absolute atomic E-state index is 14.0. The molecule has 2 aliphatic carbocycles. The Hall–Kier alpha value is -6.23. The topological polar surface area (TPSA) is 173 Å². The van der Waals surface area contributed by atoms with Gasteiger partial charge in [-0.15, -0.1) is 11.3 Å². The summed E-state index contributed by atoms with van der Waals surface area (Å²) in [5.41, 5.74) is 8.90. The van der Waals surface area contributed by atoms with E-state index in [9.17, 15) is 29.1 Å². The summed E-state index contributed by atoms with van der Waals surface area (Å²) < 4.78 is 1.53. The van der Waals surface area contributed by atoms with E-state index < -0.39 is 6.04 Å². The van der Waals surface area contributed by atoms with Gasteiger partial charge in [0.25, 0.3) is 17.4 Å². The van der Waals surface area contributed by atoms with Crippen molar-refractivity contribution >= 4 is 58.0 Å². The first-order chi connectivity index (χ1) is 34.0. The summed E-state index contributed by atoms with van der Waals surface area (Å²) in [6, 6.07) is 14.4. The molecule has 15 nitrogen and oxygen atoms in total. The zero-order valence-electron chi connectivity index (χ0n) is 39.8. The summed E-state index contributed by atoms with van der Waals surface area (Å²) in [5.74, 6) is 0.156. The van der Waals surface area contributed by atoms with Gasteiger partial charge in [0.05, 0.1) is 23.4 Å². The minimum absolute atomic E-state index is 0.0581. The number of carbonyl (C=O) groups excluding carboxylic acids is 4. The Morgan fingerprint density at radius 3 is 2.50 bits per heavy atom. The molecule has 7 aliphatic rings. The van der Waals surface area contributed by atoms with E-state index in [0.717, 1.165) is 87.0 Å². The second-order valence-corrected chi connectivity index (χ2v) is 22.0. The first-order valence-electron chi connectivity index (χ1n) is 25.2. The first-order valence-corrected chi connectivity index (χ1v) is 26.1. The van der Waals surface area contributed by atoms with Crippen LogP contribution in [0.1, 0.15) is 130 Å². The molecule has 12 rings (SSSR count). The van der Waals surface area contributed by atoms with Crippen molar-refractivity contribution in [3.8, 4) is 11.1 Å². The maximum atomic E-state index is 14.0. The molecule has 4 amide bonds. The third-order valence-corrected chi connectivity index (χ3v) is 18.1. The first kappa shape index (κ1) is 44.9. The number of hydrogen-bond donors (Lipinski definition) is 3. The Morgan fingerprint density at radius 2 is 1.70 bits per heavy atom. The molecule has 1 aromatic carbocycles. The molecule has 9 heterocycles. The lowest BCUT2D eigenvalue weighted by atomic mass is 9.58. The quantitative estimate of drug-likeness (QED) is 0.131. The zero-order valence-corrected chi connectivity index (χ0v) is 40.7. The maximum Gasteiger partial charge on any atom is 0.274 e. The molecule has 5 aromatic rings. The lowest BCUT2D eigenvalue weighted by molar-refractivity contribution is -0.136. The average Bonchev–Trinajstić information content (AvgIpc) is 4.08. The Bertz CT molecular complexity index is 3030. The van der Waals surface area contributed by atoms with Gasteiger partial charge in [-0.3, -0.25) is 39.1 Å². The molecule has 362 valence electrons. The number of benzene rings is 1. The second-order valence-electron chi connectivity index (χ2n) is 20.9. The number of anilines is 4. The zero-order chi connectivity index (χ0) is 48.0. The Labute approximate surface area is 410 Å². The number of aromatic nitrogens is 3. The van der Waals surface area contributed by atoms with Gasteiger partial charge in [-0.1, -0.05) is 12.1 Å². The molecular weight excluding hydrogens is 903 g/mol. The molecule has 1 unspecified atom stereocenters. The number of aliphatic hydroxyl groups is 1. The van der Waals surface area contributed by atoms with Gasteiger partial charge >= 0.3 is 0 Å². The monoisotopic (exact) mass is 961 g/mol. The van der Waals surface area contributed by atoms with Crippen molar-refractivity contribution < 1.29 is 24.3 Å². The average molecular weight is 962 g/mol. The molecule has 70 heavy (non-hydrogen) atoms. The van der Waals surface area contributed by atoms with Crippen LogP contribution < -0.4 is 26.0 Å². The van der Waals surface area contributed by atoms with Gasteiger partial charge in [0, 0.05) is 85.2 Å². The Morgan fingerprint density at radius 1 is 0.843 bits per heavy atom. The minimum Gasteiger partial charge on any atom is -0.392 e. The van der Waals surface area contributed by atoms with Gasteiger partial charge in [-0.05, 0) is 154 Å². The standard InChI is InChI=1S/C54H59N9O6S/c1-31-24-54(25-36(26-54)61-19-5-7-43(61)32-9-11-38-33(22-32)29-63(51(38)67)44-12-14-47(65)58-50(44)66)17-21-60(31)35-10-13-46(56-27-35)57-42-23-34(28-59(2)52(42)68)37-15-18-55-49(41(37)30-64)62-20-16-40-39-6-3-4-8-45(39)70-48(40)53(62)69/h9-11,13,15,18,22-23,27-28,31,36,43-44,64H,3-8,12,14,16-17,19-21,24-26,29-30H2,1-2H3,(H,56,57)(H,58,65,66)/t31-,36?,43+,44?,54?/m0/s1. The summed E-state index contributed by atoms with van der Waals surface area (Å²) in [7, 11) is 1.71. The molecule has 3 N–H and O–H groups in total. The third kappa shape index (κ3) is 7.64. The summed E-state index contributed by atoms with van der Waals surface area (Å²) in [6.45, 7) is 4.90. The van der Waals surface area contributed by atoms with Crippen LogP contribution in [0.25, 0.3) is 11.1 Å². The lowest BCUT2D eigenvalue weighted by Crippen LogP contribution is -2.57. The van der Waals surface area contributed by atoms with Crippen LogP contribution in [0, 0.1) is 5.41 Å². The van der Waals surface area contributed by atoms with Crippen LogP contribution in [0.4, 0.5) is 23.0 Å². The van der Waals surface area contributed by atoms with E-state index >= 15 is 0 Å². The van der Waals surface area contributed by atoms with Crippen molar-refractivity contribution in [3.05, 3.63) is 115 Å². The van der Waals surface area contributed by atoms with Crippen molar-refractivity contribution in [1.29, 1.82) is 0 Å². The van der Waals surface area contributed by atoms with E-state index in [1.54, 1.807) is 46.6 Å². The van der Waals surface area contributed by atoms with Crippen LogP contribution in [0.15, 0.2) is 65.8 Å². The van der Waals surface area contributed by atoms with Crippen LogP contribution >= 0.6 is 11.3 Å². The van der Waals surface area contributed by atoms with Crippen molar-refractivity contribution in [1.82, 2.24) is 29.7 Å². The van der Waals surface area contributed by atoms with Crippen LogP contribution in [-0.4, -0.2) is 90.8 Å². The molecule has 1 saturated carbocycles. The predicted octanol–water partition coefficient (Wildman–Crippen LogP) is 6.96. The number of carbonyl (C=O) groups is 4. The van der Waals surface area contributed by atoms with Crippen molar-refractivity contribution in [2.75, 3.05) is 34.8 Å². The molecule has 3 atom stereocenters. The largest absolute Gasteiger partial charge is 0.392 e. The number of rotatable bonds is 9. The van der Waals surface area contributed by atoms with E-state index in [0.29, 0.717) is 82.6 Å². The van der Waals surface area contributed by atoms with Gasteiger partial charge in [0.2, 0.25) is 11.8 Å². The van der Waals surface area contributed by atoms with Gasteiger partial charge in [-0.25, -0.2) is 9.97 Å². The number of aryl methyl sites for hydroxylation is 2. The fraction of sp³-hybridized carbons (Fsp3) is 0.463. The normalized spacial score (nSPS) is 25.5. The van der Waals surface area contributed by atoms with Gasteiger partial charge in [0.15, 0.2) is 0 Å². The van der Waals surface area contributed by atoms with E-state index in [1.807, 2.05) is 24.4 Å². The molecule has 0 radical (unpaired) electrons. The van der Waals surface area contributed by atoms with E-state index in [-0.39, 0.29) is 42.2 Å². The van der Waals surface area contributed by atoms with Crippen LogP contribution in [0.2, 0.25) is 0 Å². The highest BCUT2D eigenvalue weighted by atomic mass is 32.1. The van der Waals surface area contributed by atoms with Crippen LogP contribution in [0.3, 0.4) is 0 Å². The number of nitrogens with zero attached hydrogens (tertiary/aromatic N) is 7. The number of likely N-dealkylation sites (tertiary alicyclic amines) is 1. The summed E-state index contributed by atoms with van der Waals surface area (Å²) in [5, 5.41) is 16.5. The number of amides is 4. The van der Waals surface area contributed by atoms with Crippen LogP contribution in [0.5, 0.6) is 0 Å². The van der Waals surface area contributed by atoms with E-state index in [2.05, 4.69) is 50.5 Å². The van der Waals surface area contributed by atoms with Gasteiger partial charge < -0.3 is 24.8 Å². The summed E-state index contributed by atoms with van der Waals surface area (Å²) in [4.78, 5) is 85.4. The molecule has 4 fully saturated rings.